The third-order valence-corrected chi connectivity index (χ3v) is 4.15. The molecule has 0 saturated heterocycles. The van der Waals surface area contributed by atoms with Crippen LogP contribution in [0.1, 0.15) is 53.4 Å². The number of amides is 1. The van der Waals surface area contributed by atoms with Gasteiger partial charge in [0.1, 0.15) is 5.60 Å². The second-order valence-electron chi connectivity index (χ2n) is 6.84. The number of carbonyl (C=O) groups is 1. The Balaban J connectivity index is 2.86. The predicted molar refractivity (Wildman–Crippen MR) is 74.8 cm³/mol. The van der Waals surface area contributed by atoms with Crippen LogP contribution in [-0.2, 0) is 4.74 Å². The molecular formula is C14H28N2O3. The van der Waals surface area contributed by atoms with Gasteiger partial charge in [0.05, 0.1) is 12.1 Å². The summed E-state index contributed by atoms with van der Waals surface area (Å²) >= 11 is 0. The van der Waals surface area contributed by atoms with Crippen molar-refractivity contribution in [3.8, 4) is 0 Å². The van der Waals surface area contributed by atoms with Crippen molar-refractivity contribution in [3.63, 3.8) is 0 Å². The number of hydrogen-bond donors (Lipinski definition) is 3. The fraction of sp³-hybridized carbons (Fsp3) is 0.929. The van der Waals surface area contributed by atoms with Crippen molar-refractivity contribution in [2.24, 2.45) is 11.1 Å². The Morgan fingerprint density at radius 3 is 2.21 bits per heavy atom. The lowest BCUT2D eigenvalue weighted by molar-refractivity contribution is 0.0129. The van der Waals surface area contributed by atoms with Gasteiger partial charge < -0.3 is 20.9 Å². The number of hydrogen-bond acceptors (Lipinski definition) is 4. The summed E-state index contributed by atoms with van der Waals surface area (Å²) in [4.78, 5) is 12.0. The van der Waals surface area contributed by atoms with Crippen LogP contribution in [0.5, 0.6) is 0 Å². The molecule has 1 saturated carbocycles. The third-order valence-electron chi connectivity index (χ3n) is 4.15. The average Bonchev–Trinajstić information content (AvgIpc) is 2.75. The molecule has 0 bridgehead atoms. The van der Waals surface area contributed by atoms with E-state index < -0.39 is 22.6 Å². The number of nitrogens with two attached hydrogens (primary N) is 1. The molecule has 1 aliphatic rings. The summed E-state index contributed by atoms with van der Waals surface area (Å²) in [6.07, 6.45) is 3.31. The van der Waals surface area contributed by atoms with E-state index in [9.17, 15) is 9.90 Å². The van der Waals surface area contributed by atoms with Crippen LogP contribution in [0.2, 0.25) is 0 Å². The summed E-state index contributed by atoms with van der Waals surface area (Å²) in [5.41, 5.74) is 4.33. The first-order valence-corrected chi connectivity index (χ1v) is 7.00. The minimum absolute atomic E-state index is 0.0424. The van der Waals surface area contributed by atoms with E-state index >= 15 is 0 Å². The second kappa shape index (κ2) is 5.67. The molecule has 112 valence electrons. The fourth-order valence-corrected chi connectivity index (χ4v) is 2.77. The Kier molecular flexibility index (Phi) is 4.85. The summed E-state index contributed by atoms with van der Waals surface area (Å²) in [5.74, 6) is 0. The van der Waals surface area contributed by atoms with Gasteiger partial charge in [0.15, 0.2) is 0 Å². The monoisotopic (exact) mass is 272 g/mol. The molecule has 1 rings (SSSR count). The molecule has 0 radical (unpaired) electrons. The van der Waals surface area contributed by atoms with Crippen molar-refractivity contribution >= 4 is 6.09 Å². The lowest BCUT2D eigenvalue weighted by atomic mass is 9.70. The highest BCUT2D eigenvalue weighted by Crippen LogP contribution is 2.43. The molecule has 1 fully saturated rings. The van der Waals surface area contributed by atoms with Crippen molar-refractivity contribution in [2.45, 2.75) is 64.5 Å². The van der Waals surface area contributed by atoms with E-state index in [0.717, 1.165) is 25.7 Å². The molecule has 0 heterocycles. The predicted octanol–water partition coefficient (Wildman–Crippen LogP) is 1.78. The minimum Gasteiger partial charge on any atom is -0.444 e. The molecule has 0 spiro atoms. The van der Waals surface area contributed by atoms with Gasteiger partial charge in [0, 0.05) is 12.0 Å². The topological polar surface area (TPSA) is 84.6 Å². The maximum atomic E-state index is 12.0. The number of aliphatic hydroxyl groups is 1. The summed E-state index contributed by atoms with van der Waals surface area (Å²) in [7, 11) is 0. The minimum atomic E-state index is -0.526. The van der Waals surface area contributed by atoms with Gasteiger partial charge in [-0.25, -0.2) is 4.79 Å². The van der Waals surface area contributed by atoms with E-state index in [1.54, 1.807) is 0 Å². The normalized spacial score (nSPS) is 21.8. The molecule has 1 aliphatic carbocycles. The van der Waals surface area contributed by atoms with Crippen LogP contribution in [0.3, 0.4) is 0 Å². The molecule has 0 aliphatic heterocycles. The fourth-order valence-electron chi connectivity index (χ4n) is 2.77. The van der Waals surface area contributed by atoms with Gasteiger partial charge in [-0.1, -0.05) is 19.8 Å². The van der Waals surface area contributed by atoms with E-state index in [0.29, 0.717) is 6.54 Å². The van der Waals surface area contributed by atoms with Crippen molar-refractivity contribution < 1.29 is 14.6 Å². The first-order valence-electron chi connectivity index (χ1n) is 7.00. The van der Waals surface area contributed by atoms with Gasteiger partial charge in [-0.15, -0.1) is 0 Å². The van der Waals surface area contributed by atoms with E-state index in [1.165, 1.54) is 0 Å². The Labute approximate surface area is 115 Å². The molecule has 5 heteroatoms. The van der Waals surface area contributed by atoms with E-state index in [-0.39, 0.29) is 6.61 Å². The molecule has 1 amide bonds. The van der Waals surface area contributed by atoms with Crippen molar-refractivity contribution in [1.29, 1.82) is 0 Å². The molecule has 0 aromatic rings. The van der Waals surface area contributed by atoms with Gasteiger partial charge in [0.2, 0.25) is 0 Å². The number of aliphatic hydroxyl groups excluding tert-OH is 1. The van der Waals surface area contributed by atoms with Gasteiger partial charge in [-0.05, 0) is 33.6 Å². The summed E-state index contributed by atoms with van der Waals surface area (Å²) in [6, 6.07) is 0. The van der Waals surface area contributed by atoms with Gasteiger partial charge in [-0.2, -0.15) is 0 Å². The standard InChI is InChI=1S/C14H28N2O3/c1-12(2,3)19-11(18)16-14(7-5-6-8-14)13(4,9-15)10-17/h17H,5-10,15H2,1-4H3,(H,16,18). The number of alkyl carbamates (subject to hydrolysis) is 1. The van der Waals surface area contributed by atoms with Crippen molar-refractivity contribution in [3.05, 3.63) is 0 Å². The summed E-state index contributed by atoms with van der Waals surface area (Å²) in [6.45, 7) is 7.72. The van der Waals surface area contributed by atoms with Crippen LogP contribution < -0.4 is 11.1 Å². The SMILES string of the molecule is CC(C)(C)OC(=O)NC1(C(C)(CN)CO)CCCC1. The van der Waals surface area contributed by atoms with Gasteiger partial charge in [-0.3, -0.25) is 0 Å². The van der Waals surface area contributed by atoms with Crippen LogP contribution in [0.15, 0.2) is 0 Å². The molecule has 1 atom stereocenters. The largest absolute Gasteiger partial charge is 0.444 e. The lowest BCUT2D eigenvalue weighted by Crippen LogP contribution is -2.62. The van der Waals surface area contributed by atoms with Crippen molar-refractivity contribution in [2.75, 3.05) is 13.2 Å². The summed E-state index contributed by atoms with van der Waals surface area (Å²) in [5, 5.41) is 12.7. The maximum Gasteiger partial charge on any atom is 0.408 e. The molecule has 4 N–H and O–H groups in total. The first kappa shape index (κ1) is 16.2. The molecule has 1 unspecified atom stereocenters. The molecular weight excluding hydrogens is 244 g/mol. The van der Waals surface area contributed by atoms with Crippen LogP contribution in [0.4, 0.5) is 4.79 Å². The Hall–Kier alpha value is -0.810. The number of carbonyl (C=O) groups excluding carboxylic acids is 1. The average molecular weight is 272 g/mol. The van der Waals surface area contributed by atoms with E-state index in [2.05, 4.69) is 5.32 Å². The summed E-state index contributed by atoms with van der Waals surface area (Å²) < 4.78 is 5.34. The quantitative estimate of drug-likeness (QED) is 0.728. The van der Waals surface area contributed by atoms with Crippen LogP contribution in [-0.4, -0.2) is 35.5 Å². The van der Waals surface area contributed by atoms with Crippen LogP contribution in [0.25, 0.3) is 0 Å². The Morgan fingerprint density at radius 1 is 1.32 bits per heavy atom. The van der Waals surface area contributed by atoms with Crippen LogP contribution in [0, 0.1) is 5.41 Å². The third kappa shape index (κ3) is 3.60. The maximum absolute atomic E-state index is 12.0. The zero-order valence-electron chi connectivity index (χ0n) is 12.6. The molecule has 0 aromatic heterocycles. The highest BCUT2D eigenvalue weighted by Gasteiger charge is 2.50. The van der Waals surface area contributed by atoms with E-state index in [4.69, 9.17) is 10.5 Å². The lowest BCUT2D eigenvalue weighted by Gasteiger charge is -2.45. The molecule has 5 nitrogen and oxygen atoms in total. The number of rotatable bonds is 4. The second-order valence-corrected chi connectivity index (χ2v) is 6.84. The van der Waals surface area contributed by atoms with Crippen LogP contribution >= 0.6 is 0 Å². The highest BCUT2D eigenvalue weighted by atomic mass is 16.6. The smallest absolute Gasteiger partial charge is 0.408 e. The molecule has 0 aromatic carbocycles. The Morgan fingerprint density at radius 2 is 1.84 bits per heavy atom. The Bertz CT molecular complexity index is 313. The van der Waals surface area contributed by atoms with Gasteiger partial charge >= 0.3 is 6.09 Å². The first-order chi connectivity index (χ1) is 8.68. The van der Waals surface area contributed by atoms with Gasteiger partial charge in [0.25, 0.3) is 0 Å². The van der Waals surface area contributed by atoms with E-state index in [1.807, 2.05) is 27.7 Å². The highest BCUT2D eigenvalue weighted by molar-refractivity contribution is 5.69. The zero-order chi connectivity index (χ0) is 14.7. The molecule has 19 heavy (non-hydrogen) atoms. The number of nitrogens with one attached hydrogen (secondary N) is 1. The number of ether oxygens (including phenoxy) is 1. The zero-order valence-corrected chi connectivity index (χ0v) is 12.6. The van der Waals surface area contributed by atoms with Crippen molar-refractivity contribution in [1.82, 2.24) is 5.32 Å².